The average molecular weight is 641 g/mol. The zero-order valence-corrected chi connectivity index (χ0v) is 25.7. The predicted molar refractivity (Wildman–Crippen MR) is 165 cm³/mol. The van der Waals surface area contributed by atoms with Crippen molar-refractivity contribution in [3.8, 4) is 0 Å². The highest BCUT2D eigenvalue weighted by molar-refractivity contribution is 5.92. The Bertz CT molecular complexity index is 1420. The first-order valence-electron chi connectivity index (χ1n) is 15.5. The molecule has 246 valence electrons. The third-order valence-corrected chi connectivity index (χ3v) is 8.42. The third kappa shape index (κ3) is 9.27. The first-order chi connectivity index (χ1) is 22.2. The largest absolute Gasteiger partial charge is 0.448 e. The van der Waals surface area contributed by atoms with Gasteiger partial charge >= 0.3 is 6.09 Å². The van der Waals surface area contributed by atoms with Crippen LogP contribution in [0, 0.1) is 17.5 Å². The molecule has 2 aromatic carbocycles. The van der Waals surface area contributed by atoms with E-state index in [-0.39, 0.29) is 42.9 Å². The van der Waals surface area contributed by atoms with Crippen molar-refractivity contribution in [2.75, 3.05) is 38.2 Å². The first kappa shape index (κ1) is 33.4. The van der Waals surface area contributed by atoms with Crippen LogP contribution in [0.5, 0.6) is 0 Å². The third-order valence-electron chi connectivity index (χ3n) is 8.42. The molecule has 46 heavy (non-hydrogen) atoms. The predicted octanol–water partition coefficient (Wildman–Crippen LogP) is 5.24. The summed E-state index contributed by atoms with van der Waals surface area (Å²) in [5.74, 6) is -2.26. The van der Waals surface area contributed by atoms with E-state index in [4.69, 9.17) is 14.2 Å². The van der Waals surface area contributed by atoms with E-state index >= 15 is 0 Å². The Morgan fingerprint density at radius 3 is 2.37 bits per heavy atom. The maximum Gasteiger partial charge on any atom is 0.407 e. The highest BCUT2D eigenvalue weighted by Crippen LogP contribution is 2.30. The van der Waals surface area contributed by atoms with E-state index in [1.54, 1.807) is 24.3 Å². The molecule has 0 radical (unpaired) electrons. The Morgan fingerprint density at radius 2 is 1.76 bits per heavy atom. The average Bonchev–Trinajstić information content (AvgIpc) is 3.49. The maximum absolute atomic E-state index is 14.9. The van der Waals surface area contributed by atoms with Gasteiger partial charge in [-0.1, -0.05) is 24.3 Å². The van der Waals surface area contributed by atoms with Crippen LogP contribution in [0.25, 0.3) is 0 Å². The molecule has 3 N–H and O–H groups in total. The summed E-state index contributed by atoms with van der Waals surface area (Å²) in [6, 6.07) is 11.4. The number of hydrogen-bond acceptors (Lipinski definition) is 7. The monoisotopic (exact) mass is 640 g/mol. The highest BCUT2D eigenvalue weighted by atomic mass is 19.1. The summed E-state index contributed by atoms with van der Waals surface area (Å²) >= 11 is 0. The molecule has 0 spiro atoms. The molecule has 3 heterocycles. The Morgan fingerprint density at radius 1 is 1.07 bits per heavy atom. The summed E-state index contributed by atoms with van der Waals surface area (Å²) < 4.78 is 59.1. The molecule has 2 amide bonds. The van der Waals surface area contributed by atoms with Crippen molar-refractivity contribution < 1.29 is 37.0 Å². The molecule has 1 aromatic heterocycles. The second-order valence-corrected chi connectivity index (χ2v) is 12.0. The summed E-state index contributed by atoms with van der Waals surface area (Å²) in [7, 11) is 0. The number of benzene rings is 2. The molecule has 0 bridgehead atoms. The zero-order valence-electron chi connectivity index (χ0n) is 25.7. The number of carbonyl (C=O) groups is 2. The lowest BCUT2D eigenvalue weighted by Crippen LogP contribution is -2.49. The van der Waals surface area contributed by atoms with Gasteiger partial charge in [-0.05, 0) is 68.0 Å². The summed E-state index contributed by atoms with van der Waals surface area (Å²) in [4.78, 5) is 29.3. The fourth-order valence-corrected chi connectivity index (χ4v) is 5.76. The molecule has 2 aliphatic rings. The lowest BCUT2D eigenvalue weighted by atomic mass is 9.88. The van der Waals surface area contributed by atoms with E-state index < -0.39 is 35.4 Å². The Labute approximate surface area is 266 Å². The van der Waals surface area contributed by atoms with Gasteiger partial charge in [0.2, 0.25) is 5.91 Å². The molecule has 9 nitrogen and oxygen atoms in total. The van der Waals surface area contributed by atoms with Gasteiger partial charge in [0.15, 0.2) is 0 Å². The Balaban J connectivity index is 1.11. The molecule has 2 fully saturated rings. The van der Waals surface area contributed by atoms with Crippen LogP contribution in [0.1, 0.15) is 55.2 Å². The van der Waals surface area contributed by atoms with Crippen LogP contribution in [0.3, 0.4) is 0 Å². The van der Waals surface area contributed by atoms with Gasteiger partial charge in [0.25, 0.3) is 0 Å². The summed E-state index contributed by atoms with van der Waals surface area (Å²) in [5.41, 5.74) is 1.56. The standard InChI is InChI=1S/C34H39F3N4O5/c1-34(13-2-14-46-34)21-40-33(43)45-20-26-19-44-27(16-39-26)11-12-28-30(37)17-38-18-31(28)41-32(42)15-29(22-3-7-24(35)8-4-22)23-5-9-25(36)10-6-23/h3-10,17-18,26-27,29,39H,2,11-16,19-21H2,1H3,(H,40,43)(H,41,42)/t26-,27+,34?/m0/s1. The highest BCUT2D eigenvalue weighted by Gasteiger charge is 2.30. The van der Waals surface area contributed by atoms with Gasteiger partial charge in [-0.25, -0.2) is 18.0 Å². The SMILES string of the molecule is CC1(CNC(=O)OC[C@@H]2CO[C@H](CCc3c(F)cncc3NC(=O)CC(c3ccc(F)cc3)c3ccc(F)cc3)CN2)CCCO1. The van der Waals surface area contributed by atoms with E-state index in [0.717, 1.165) is 19.0 Å². The number of morpholine rings is 1. The Hall–Kier alpha value is -4.00. The van der Waals surface area contributed by atoms with Gasteiger partial charge in [0.05, 0.1) is 42.4 Å². The van der Waals surface area contributed by atoms with Gasteiger partial charge in [0, 0.05) is 37.6 Å². The van der Waals surface area contributed by atoms with Crippen molar-refractivity contribution in [2.45, 2.75) is 62.7 Å². The number of hydrogen-bond donors (Lipinski definition) is 3. The van der Waals surface area contributed by atoms with E-state index in [1.807, 2.05) is 6.92 Å². The molecule has 12 heteroatoms. The number of halogens is 3. The summed E-state index contributed by atoms with van der Waals surface area (Å²) in [5, 5.41) is 8.85. The first-order valence-corrected chi connectivity index (χ1v) is 15.5. The van der Waals surface area contributed by atoms with Crippen LogP contribution < -0.4 is 16.0 Å². The molecular formula is C34H39F3N4O5. The molecule has 2 aliphatic heterocycles. The number of rotatable bonds is 12. The van der Waals surface area contributed by atoms with Crippen molar-refractivity contribution in [2.24, 2.45) is 0 Å². The van der Waals surface area contributed by atoms with E-state index in [2.05, 4.69) is 20.9 Å². The molecule has 0 saturated carbocycles. The normalized spacial score (nSPS) is 21.2. The van der Waals surface area contributed by atoms with Gasteiger partial charge in [-0.2, -0.15) is 0 Å². The number of pyridine rings is 1. The second-order valence-electron chi connectivity index (χ2n) is 12.0. The fourth-order valence-electron chi connectivity index (χ4n) is 5.76. The van der Waals surface area contributed by atoms with Crippen molar-refractivity contribution in [1.82, 2.24) is 15.6 Å². The number of amides is 2. The van der Waals surface area contributed by atoms with Gasteiger partial charge in [0.1, 0.15) is 24.1 Å². The van der Waals surface area contributed by atoms with Crippen molar-refractivity contribution >= 4 is 17.7 Å². The Kier molecular flexibility index (Phi) is 11.3. The molecule has 3 atom stereocenters. The van der Waals surface area contributed by atoms with Crippen LogP contribution in [0.2, 0.25) is 0 Å². The van der Waals surface area contributed by atoms with E-state index in [0.29, 0.717) is 49.4 Å². The van der Waals surface area contributed by atoms with Gasteiger partial charge < -0.3 is 30.2 Å². The van der Waals surface area contributed by atoms with Gasteiger partial charge in [-0.15, -0.1) is 0 Å². The lowest BCUT2D eigenvalue weighted by Gasteiger charge is -2.30. The van der Waals surface area contributed by atoms with Gasteiger partial charge in [-0.3, -0.25) is 9.78 Å². The van der Waals surface area contributed by atoms with Crippen LogP contribution in [0.4, 0.5) is 23.7 Å². The number of aromatic nitrogens is 1. The number of ether oxygens (including phenoxy) is 3. The second kappa shape index (κ2) is 15.5. The van der Waals surface area contributed by atoms with Crippen LogP contribution in [-0.2, 0) is 25.4 Å². The molecule has 1 unspecified atom stereocenters. The van der Waals surface area contributed by atoms with E-state index in [1.165, 1.54) is 30.5 Å². The van der Waals surface area contributed by atoms with Crippen molar-refractivity contribution in [1.29, 1.82) is 0 Å². The zero-order chi connectivity index (χ0) is 32.5. The summed E-state index contributed by atoms with van der Waals surface area (Å²) in [6.07, 6.45) is 4.33. The minimum atomic E-state index is -0.552. The van der Waals surface area contributed by atoms with Crippen molar-refractivity contribution in [3.05, 3.63) is 95.1 Å². The lowest BCUT2D eigenvalue weighted by molar-refractivity contribution is -0.116. The smallest absolute Gasteiger partial charge is 0.407 e. The summed E-state index contributed by atoms with van der Waals surface area (Å²) in [6.45, 7) is 3.98. The number of nitrogens with zero attached hydrogens (tertiary/aromatic N) is 1. The molecule has 2 saturated heterocycles. The number of nitrogens with one attached hydrogen (secondary N) is 3. The fraction of sp³-hybridized carbons (Fsp3) is 0.441. The van der Waals surface area contributed by atoms with Crippen LogP contribution >= 0.6 is 0 Å². The molecular weight excluding hydrogens is 601 g/mol. The number of alkyl carbamates (subject to hydrolysis) is 1. The van der Waals surface area contributed by atoms with Crippen molar-refractivity contribution in [3.63, 3.8) is 0 Å². The minimum absolute atomic E-state index is 0.0442. The molecule has 5 rings (SSSR count). The maximum atomic E-state index is 14.9. The van der Waals surface area contributed by atoms with Crippen LogP contribution in [0.15, 0.2) is 60.9 Å². The molecule has 3 aromatic rings. The molecule has 0 aliphatic carbocycles. The van der Waals surface area contributed by atoms with E-state index in [9.17, 15) is 22.8 Å². The minimum Gasteiger partial charge on any atom is -0.448 e. The topological polar surface area (TPSA) is 111 Å². The number of anilines is 1. The van der Waals surface area contributed by atoms with Crippen LogP contribution in [-0.4, -0.2) is 67.6 Å². The quantitative estimate of drug-likeness (QED) is 0.248. The number of carbonyl (C=O) groups excluding carboxylic acids is 2.